The van der Waals surface area contributed by atoms with Gasteiger partial charge in [-0.1, -0.05) is 32.9 Å². The van der Waals surface area contributed by atoms with E-state index < -0.39 is 5.97 Å². The van der Waals surface area contributed by atoms with Crippen molar-refractivity contribution in [2.75, 3.05) is 25.0 Å². The zero-order chi connectivity index (χ0) is 16.3. The number of rotatable bonds is 5. The lowest BCUT2D eigenvalue weighted by Gasteiger charge is -2.15. The summed E-state index contributed by atoms with van der Waals surface area (Å²) in [6.45, 7) is 7.50. The molecule has 5 nitrogen and oxygen atoms in total. The van der Waals surface area contributed by atoms with Crippen molar-refractivity contribution in [2.24, 2.45) is 11.8 Å². The van der Waals surface area contributed by atoms with Gasteiger partial charge in [-0.2, -0.15) is 0 Å². The largest absolute Gasteiger partial charge is 0.481 e. The number of carboxylic acids is 1. The topological polar surface area (TPSA) is 69.6 Å². The van der Waals surface area contributed by atoms with Gasteiger partial charge in [0.05, 0.1) is 12.5 Å². The third kappa shape index (κ3) is 4.07. The summed E-state index contributed by atoms with van der Waals surface area (Å²) in [4.78, 5) is 25.1. The summed E-state index contributed by atoms with van der Waals surface area (Å²) in [5.41, 5.74) is 2.01. The second-order valence-electron chi connectivity index (χ2n) is 6.44. The van der Waals surface area contributed by atoms with Crippen LogP contribution in [-0.2, 0) is 9.59 Å². The Kier molecular flexibility index (Phi) is 5.19. The first-order valence-electron chi connectivity index (χ1n) is 7.71. The van der Waals surface area contributed by atoms with E-state index in [1.807, 2.05) is 36.1 Å². The van der Waals surface area contributed by atoms with Crippen LogP contribution in [0.4, 0.5) is 5.69 Å². The molecule has 1 aliphatic heterocycles. The van der Waals surface area contributed by atoms with Gasteiger partial charge < -0.3 is 10.4 Å². The number of carboxylic acid groups (broad SMARTS) is 1. The molecule has 0 unspecified atom stereocenters. The van der Waals surface area contributed by atoms with E-state index in [9.17, 15) is 9.59 Å². The standard InChI is InChI=1S/C17H24N2O3/c1-11(2)13-4-6-14(7-5-13)18-16(20)10-19-8-12(3)15(9-19)17(21)22/h4-7,11-12,15H,8-10H2,1-3H3,(H,18,20)(H,21,22)/t12-,15-/m1/s1. The van der Waals surface area contributed by atoms with Gasteiger partial charge in [-0.25, -0.2) is 0 Å². The number of nitrogens with one attached hydrogen (secondary N) is 1. The molecule has 0 aromatic heterocycles. The molecular formula is C17H24N2O3. The zero-order valence-corrected chi connectivity index (χ0v) is 13.4. The van der Waals surface area contributed by atoms with Crippen molar-refractivity contribution in [3.05, 3.63) is 29.8 Å². The molecule has 1 heterocycles. The summed E-state index contributed by atoms with van der Waals surface area (Å²) in [7, 11) is 0. The first-order valence-corrected chi connectivity index (χ1v) is 7.71. The van der Waals surface area contributed by atoms with Gasteiger partial charge in [-0.05, 0) is 29.5 Å². The van der Waals surface area contributed by atoms with Gasteiger partial charge in [0.25, 0.3) is 0 Å². The number of nitrogens with zero attached hydrogens (tertiary/aromatic N) is 1. The second-order valence-corrected chi connectivity index (χ2v) is 6.44. The number of aliphatic carboxylic acids is 1. The molecule has 5 heteroatoms. The monoisotopic (exact) mass is 304 g/mol. The fourth-order valence-corrected chi connectivity index (χ4v) is 2.87. The smallest absolute Gasteiger partial charge is 0.308 e. The predicted octanol–water partition coefficient (Wildman–Crippen LogP) is 2.40. The van der Waals surface area contributed by atoms with Crippen molar-refractivity contribution < 1.29 is 14.7 Å². The second kappa shape index (κ2) is 6.92. The summed E-state index contributed by atoms with van der Waals surface area (Å²) >= 11 is 0. The van der Waals surface area contributed by atoms with E-state index in [-0.39, 0.29) is 24.3 Å². The van der Waals surface area contributed by atoms with Gasteiger partial charge in [0.1, 0.15) is 0 Å². The molecule has 0 aliphatic carbocycles. The molecule has 2 atom stereocenters. The van der Waals surface area contributed by atoms with Crippen molar-refractivity contribution in [2.45, 2.75) is 26.7 Å². The van der Waals surface area contributed by atoms with Crippen molar-refractivity contribution in [1.82, 2.24) is 4.90 Å². The van der Waals surface area contributed by atoms with Gasteiger partial charge >= 0.3 is 5.97 Å². The first-order chi connectivity index (χ1) is 10.4. The first kappa shape index (κ1) is 16.5. The molecule has 1 amide bonds. The third-order valence-corrected chi connectivity index (χ3v) is 4.23. The van der Waals surface area contributed by atoms with Gasteiger partial charge in [-0.15, -0.1) is 0 Å². The van der Waals surface area contributed by atoms with Crippen LogP contribution in [-0.4, -0.2) is 41.5 Å². The van der Waals surface area contributed by atoms with Crippen LogP contribution in [0.2, 0.25) is 0 Å². The minimum absolute atomic E-state index is 0.0793. The van der Waals surface area contributed by atoms with E-state index in [0.29, 0.717) is 19.0 Å². The SMILES string of the molecule is CC(C)c1ccc(NC(=O)CN2C[C@@H](C)[C@H](C(=O)O)C2)cc1. The highest BCUT2D eigenvalue weighted by atomic mass is 16.4. The van der Waals surface area contributed by atoms with Crippen LogP contribution in [0.5, 0.6) is 0 Å². The number of amides is 1. The van der Waals surface area contributed by atoms with E-state index in [0.717, 1.165) is 5.69 Å². The molecule has 2 N–H and O–H groups in total. The Hall–Kier alpha value is -1.88. The number of carbonyl (C=O) groups is 2. The number of anilines is 1. The summed E-state index contributed by atoms with van der Waals surface area (Å²) in [6, 6.07) is 7.83. The predicted molar refractivity (Wildman–Crippen MR) is 85.9 cm³/mol. The molecule has 120 valence electrons. The third-order valence-electron chi connectivity index (χ3n) is 4.23. The quantitative estimate of drug-likeness (QED) is 0.876. The summed E-state index contributed by atoms with van der Waals surface area (Å²) < 4.78 is 0. The van der Waals surface area contributed by atoms with Crippen LogP contribution < -0.4 is 5.32 Å². The molecule has 22 heavy (non-hydrogen) atoms. The fourth-order valence-electron chi connectivity index (χ4n) is 2.87. The van der Waals surface area contributed by atoms with E-state index in [2.05, 4.69) is 19.2 Å². The molecular weight excluding hydrogens is 280 g/mol. The normalized spacial score (nSPS) is 22.0. The molecule has 0 bridgehead atoms. The van der Waals surface area contributed by atoms with Gasteiger partial charge in [0.15, 0.2) is 0 Å². The number of hydrogen-bond donors (Lipinski definition) is 2. The summed E-state index contributed by atoms with van der Waals surface area (Å²) in [5, 5.41) is 12.0. The Morgan fingerprint density at radius 1 is 1.27 bits per heavy atom. The Labute approximate surface area is 131 Å². The van der Waals surface area contributed by atoms with Crippen LogP contribution in [0.25, 0.3) is 0 Å². The molecule has 1 aliphatic rings. The fraction of sp³-hybridized carbons (Fsp3) is 0.529. The van der Waals surface area contributed by atoms with E-state index in [1.54, 1.807) is 0 Å². The van der Waals surface area contributed by atoms with Crippen LogP contribution in [0.1, 0.15) is 32.3 Å². The maximum atomic E-state index is 12.1. The molecule has 0 spiro atoms. The average Bonchev–Trinajstić information content (AvgIpc) is 2.80. The lowest BCUT2D eigenvalue weighted by atomic mass is 9.99. The van der Waals surface area contributed by atoms with Crippen molar-refractivity contribution in [3.63, 3.8) is 0 Å². The lowest BCUT2D eigenvalue weighted by molar-refractivity contribution is -0.142. The molecule has 1 saturated heterocycles. The van der Waals surface area contributed by atoms with Crippen LogP contribution in [0.3, 0.4) is 0 Å². The molecule has 2 rings (SSSR count). The maximum Gasteiger partial charge on any atom is 0.308 e. The van der Waals surface area contributed by atoms with Crippen molar-refractivity contribution in [1.29, 1.82) is 0 Å². The maximum absolute atomic E-state index is 12.1. The highest BCUT2D eigenvalue weighted by Crippen LogP contribution is 2.23. The summed E-state index contributed by atoms with van der Waals surface area (Å²) in [6.07, 6.45) is 0. The van der Waals surface area contributed by atoms with E-state index in [4.69, 9.17) is 5.11 Å². The van der Waals surface area contributed by atoms with Gasteiger partial charge in [0.2, 0.25) is 5.91 Å². The zero-order valence-electron chi connectivity index (χ0n) is 13.4. The van der Waals surface area contributed by atoms with E-state index in [1.165, 1.54) is 5.56 Å². The molecule has 1 aromatic carbocycles. The molecule has 1 aromatic rings. The average molecular weight is 304 g/mol. The molecule has 0 saturated carbocycles. The lowest BCUT2D eigenvalue weighted by Crippen LogP contribution is -2.32. The number of benzene rings is 1. The highest BCUT2D eigenvalue weighted by Gasteiger charge is 2.35. The van der Waals surface area contributed by atoms with Gasteiger partial charge in [-0.3, -0.25) is 14.5 Å². The van der Waals surface area contributed by atoms with E-state index >= 15 is 0 Å². The number of hydrogen-bond acceptors (Lipinski definition) is 3. The van der Waals surface area contributed by atoms with Crippen molar-refractivity contribution in [3.8, 4) is 0 Å². The minimum atomic E-state index is -0.778. The number of likely N-dealkylation sites (tertiary alicyclic amines) is 1. The van der Waals surface area contributed by atoms with Crippen LogP contribution in [0, 0.1) is 11.8 Å². The Morgan fingerprint density at radius 3 is 2.41 bits per heavy atom. The Morgan fingerprint density at radius 2 is 1.91 bits per heavy atom. The number of carbonyl (C=O) groups excluding carboxylic acids is 1. The Bertz CT molecular complexity index is 539. The van der Waals surface area contributed by atoms with Crippen LogP contribution in [0.15, 0.2) is 24.3 Å². The Balaban J connectivity index is 1.87. The molecule has 0 radical (unpaired) electrons. The molecule has 1 fully saturated rings. The highest BCUT2D eigenvalue weighted by molar-refractivity contribution is 5.92. The van der Waals surface area contributed by atoms with Crippen LogP contribution >= 0.6 is 0 Å². The van der Waals surface area contributed by atoms with Gasteiger partial charge in [0, 0.05) is 18.8 Å². The van der Waals surface area contributed by atoms with Crippen molar-refractivity contribution >= 4 is 17.6 Å². The minimum Gasteiger partial charge on any atom is -0.481 e. The summed E-state index contributed by atoms with van der Waals surface area (Å²) in [5.74, 6) is -0.715.